The van der Waals surface area contributed by atoms with E-state index >= 15 is 0 Å². The van der Waals surface area contributed by atoms with E-state index in [0.29, 0.717) is 25.2 Å². The van der Waals surface area contributed by atoms with Crippen molar-refractivity contribution in [2.75, 3.05) is 20.3 Å². The monoisotopic (exact) mass is 278 g/mol. The third-order valence-corrected chi connectivity index (χ3v) is 3.06. The van der Waals surface area contributed by atoms with Gasteiger partial charge in [-0.25, -0.2) is 4.79 Å². The highest BCUT2D eigenvalue weighted by Gasteiger charge is 2.26. The second-order valence-electron chi connectivity index (χ2n) is 5.35. The molecule has 3 N–H and O–H groups in total. The van der Waals surface area contributed by atoms with E-state index < -0.39 is 11.5 Å². The first-order chi connectivity index (χ1) is 9.45. The zero-order valence-corrected chi connectivity index (χ0v) is 12.0. The summed E-state index contributed by atoms with van der Waals surface area (Å²) in [6.45, 7) is 2.60. The molecule has 1 atom stereocenters. The molecule has 1 aromatic rings. The number of rotatable bonds is 8. The van der Waals surface area contributed by atoms with Gasteiger partial charge in [-0.05, 0) is 12.0 Å². The summed E-state index contributed by atoms with van der Waals surface area (Å²) in [5.74, 6) is 0. The summed E-state index contributed by atoms with van der Waals surface area (Å²) in [7, 11) is 1.58. The number of carbonyl (C=O) groups is 1. The summed E-state index contributed by atoms with van der Waals surface area (Å²) in [5.41, 5.74) is 1.25. The maximum Gasteiger partial charge on any atom is 0.404 e. The van der Waals surface area contributed by atoms with E-state index in [9.17, 15) is 4.79 Å². The Bertz CT molecular complexity index is 448. The average Bonchev–Trinajstić information content (AvgIpc) is 2.37. The minimum atomic E-state index is -1.05. The molecule has 5 heteroatoms. The standard InChI is InChI=1S/C15H22N2O3/c1-15(11-20-2,10-17-14(18)19)9-13(16)8-12-6-4-3-5-7-12/h3-7,16-17H,8-11H2,1-2H3,(H,18,19). The summed E-state index contributed by atoms with van der Waals surface area (Å²) in [6, 6.07) is 9.81. The Kier molecular flexibility index (Phi) is 6.18. The van der Waals surface area contributed by atoms with Crippen LogP contribution in [-0.2, 0) is 11.2 Å². The fourth-order valence-electron chi connectivity index (χ4n) is 2.22. The zero-order chi connectivity index (χ0) is 15.0. The molecule has 0 fully saturated rings. The van der Waals surface area contributed by atoms with Crippen LogP contribution in [0.3, 0.4) is 0 Å². The molecular weight excluding hydrogens is 256 g/mol. The van der Waals surface area contributed by atoms with Gasteiger partial charge in [-0.2, -0.15) is 0 Å². The fourth-order valence-corrected chi connectivity index (χ4v) is 2.22. The number of benzene rings is 1. The van der Waals surface area contributed by atoms with E-state index in [-0.39, 0.29) is 6.54 Å². The molecule has 0 bridgehead atoms. The first kappa shape index (κ1) is 16.2. The van der Waals surface area contributed by atoms with Gasteiger partial charge in [0, 0.05) is 31.2 Å². The Morgan fingerprint density at radius 1 is 1.40 bits per heavy atom. The molecule has 1 aromatic carbocycles. The number of ether oxygens (including phenoxy) is 1. The Hall–Kier alpha value is -1.88. The molecule has 110 valence electrons. The first-order valence-electron chi connectivity index (χ1n) is 6.51. The minimum Gasteiger partial charge on any atom is -0.465 e. The number of amides is 1. The van der Waals surface area contributed by atoms with Gasteiger partial charge in [0.05, 0.1) is 6.61 Å². The van der Waals surface area contributed by atoms with Crippen molar-refractivity contribution in [2.45, 2.75) is 19.8 Å². The van der Waals surface area contributed by atoms with Crippen LogP contribution < -0.4 is 5.32 Å². The molecule has 20 heavy (non-hydrogen) atoms. The van der Waals surface area contributed by atoms with Gasteiger partial charge >= 0.3 is 6.09 Å². The predicted molar refractivity (Wildman–Crippen MR) is 78.5 cm³/mol. The van der Waals surface area contributed by atoms with E-state index in [1.807, 2.05) is 37.3 Å². The zero-order valence-electron chi connectivity index (χ0n) is 12.0. The highest BCUT2D eigenvalue weighted by Crippen LogP contribution is 2.22. The maximum absolute atomic E-state index is 10.6. The van der Waals surface area contributed by atoms with Gasteiger partial charge in [0.1, 0.15) is 0 Å². The second-order valence-corrected chi connectivity index (χ2v) is 5.35. The minimum absolute atomic E-state index is 0.271. The molecule has 0 aliphatic carbocycles. The summed E-state index contributed by atoms with van der Waals surface area (Å²) in [6.07, 6.45) is 0.0189. The molecule has 0 saturated heterocycles. The molecular formula is C15H22N2O3. The largest absolute Gasteiger partial charge is 0.465 e. The van der Waals surface area contributed by atoms with Crippen LogP contribution in [0.25, 0.3) is 0 Å². The van der Waals surface area contributed by atoms with Crippen molar-refractivity contribution < 1.29 is 14.6 Å². The van der Waals surface area contributed by atoms with Crippen LogP contribution >= 0.6 is 0 Å². The number of methoxy groups -OCH3 is 1. The van der Waals surface area contributed by atoms with Crippen molar-refractivity contribution in [2.24, 2.45) is 5.41 Å². The van der Waals surface area contributed by atoms with Crippen molar-refractivity contribution in [3.63, 3.8) is 0 Å². The van der Waals surface area contributed by atoms with Gasteiger partial charge in [0.2, 0.25) is 0 Å². The van der Waals surface area contributed by atoms with E-state index in [1.165, 1.54) is 0 Å². The molecule has 0 spiro atoms. The predicted octanol–water partition coefficient (Wildman–Crippen LogP) is 2.56. The van der Waals surface area contributed by atoms with Crippen LogP contribution in [-0.4, -0.2) is 37.2 Å². The van der Waals surface area contributed by atoms with Gasteiger partial charge in [0.15, 0.2) is 0 Å². The molecule has 1 rings (SSSR count). The fraction of sp³-hybridized carbons (Fsp3) is 0.467. The Balaban J connectivity index is 2.60. The molecule has 1 unspecified atom stereocenters. The first-order valence-corrected chi connectivity index (χ1v) is 6.51. The molecule has 0 aliphatic heterocycles. The average molecular weight is 278 g/mol. The maximum atomic E-state index is 10.6. The van der Waals surface area contributed by atoms with Crippen LogP contribution in [0.15, 0.2) is 30.3 Å². The molecule has 0 radical (unpaired) electrons. The molecule has 0 saturated carbocycles. The van der Waals surface area contributed by atoms with Crippen LogP contribution in [0.2, 0.25) is 0 Å². The van der Waals surface area contributed by atoms with Gasteiger partial charge in [-0.15, -0.1) is 0 Å². The quantitative estimate of drug-likeness (QED) is 0.639. The topological polar surface area (TPSA) is 82.4 Å². The van der Waals surface area contributed by atoms with Crippen molar-refractivity contribution >= 4 is 11.8 Å². The molecule has 5 nitrogen and oxygen atoms in total. The van der Waals surface area contributed by atoms with Gasteiger partial charge < -0.3 is 20.6 Å². The normalized spacial score (nSPS) is 13.5. The number of hydrogen-bond donors (Lipinski definition) is 3. The van der Waals surface area contributed by atoms with Crippen molar-refractivity contribution in [1.29, 1.82) is 5.41 Å². The summed E-state index contributed by atoms with van der Waals surface area (Å²) in [4.78, 5) is 10.6. The Morgan fingerprint density at radius 2 is 2.05 bits per heavy atom. The van der Waals surface area contributed by atoms with E-state index in [0.717, 1.165) is 5.56 Å². The van der Waals surface area contributed by atoms with Gasteiger partial charge in [-0.3, -0.25) is 0 Å². The van der Waals surface area contributed by atoms with E-state index in [2.05, 4.69) is 5.32 Å². The lowest BCUT2D eigenvalue weighted by Gasteiger charge is -2.28. The van der Waals surface area contributed by atoms with Gasteiger partial charge in [-0.1, -0.05) is 37.3 Å². The summed E-state index contributed by atoms with van der Waals surface area (Å²) < 4.78 is 5.16. The lowest BCUT2D eigenvalue weighted by atomic mass is 9.84. The van der Waals surface area contributed by atoms with Crippen molar-refractivity contribution in [3.8, 4) is 0 Å². The van der Waals surface area contributed by atoms with E-state index in [1.54, 1.807) is 7.11 Å². The van der Waals surface area contributed by atoms with Crippen LogP contribution in [0.4, 0.5) is 4.79 Å². The number of nitrogens with one attached hydrogen (secondary N) is 2. The number of carboxylic acid groups (broad SMARTS) is 1. The smallest absolute Gasteiger partial charge is 0.404 e. The van der Waals surface area contributed by atoms with Crippen molar-refractivity contribution in [1.82, 2.24) is 5.32 Å². The Labute approximate surface area is 119 Å². The van der Waals surface area contributed by atoms with E-state index in [4.69, 9.17) is 15.3 Å². The lowest BCUT2D eigenvalue weighted by Crippen LogP contribution is -2.39. The molecule has 0 aliphatic rings. The van der Waals surface area contributed by atoms with Crippen molar-refractivity contribution in [3.05, 3.63) is 35.9 Å². The van der Waals surface area contributed by atoms with Crippen LogP contribution in [0, 0.1) is 10.8 Å². The SMILES string of the molecule is COCC(C)(CNC(=O)O)CC(=N)Cc1ccccc1. The summed E-state index contributed by atoms with van der Waals surface area (Å²) >= 11 is 0. The third kappa shape index (κ3) is 5.84. The molecule has 0 aromatic heterocycles. The lowest BCUT2D eigenvalue weighted by molar-refractivity contribution is 0.0942. The molecule has 1 amide bonds. The Morgan fingerprint density at radius 3 is 2.60 bits per heavy atom. The highest BCUT2D eigenvalue weighted by molar-refractivity contribution is 5.84. The second kappa shape index (κ2) is 7.65. The molecule has 0 heterocycles. The third-order valence-electron chi connectivity index (χ3n) is 3.06. The van der Waals surface area contributed by atoms with Crippen LogP contribution in [0.5, 0.6) is 0 Å². The number of hydrogen-bond acceptors (Lipinski definition) is 3. The van der Waals surface area contributed by atoms with Gasteiger partial charge in [0.25, 0.3) is 0 Å². The van der Waals surface area contributed by atoms with Crippen LogP contribution in [0.1, 0.15) is 18.9 Å². The summed E-state index contributed by atoms with van der Waals surface area (Å²) in [5, 5.41) is 19.2. The highest BCUT2D eigenvalue weighted by atomic mass is 16.5.